The standard InChI is InChI=1S/C11H16ClNO.ClH/c1-13(2)8-11(12)9-4-6-10(14-3)7-5-9;/h4-7,11H,8H2,1-3H3;1H. The van der Waals surface area contributed by atoms with Gasteiger partial charge in [-0.3, -0.25) is 0 Å². The Hall–Kier alpha value is -0.440. The van der Waals surface area contributed by atoms with Crippen molar-refractivity contribution in [2.75, 3.05) is 27.7 Å². The average molecular weight is 250 g/mol. The van der Waals surface area contributed by atoms with Crippen LogP contribution in [0.1, 0.15) is 10.9 Å². The molecule has 1 unspecified atom stereocenters. The Morgan fingerprint density at radius 1 is 1.27 bits per heavy atom. The van der Waals surface area contributed by atoms with Crippen LogP contribution in [-0.2, 0) is 0 Å². The van der Waals surface area contributed by atoms with Crippen LogP contribution in [0.5, 0.6) is 5.75 Å². The summed E-state index contributed by atoms with van der Waals surface area (Å²) in [5.74, 6) is 0.863. The SMILES string of the molecule is COc1ccc(C(Cl)CN(C)C)cc1.Cl. The van der Waals surface area contributed by atoms with Gasteiger partial charge in [0.25, 0.3) is 0 Å². The molecule has 4 heteroatoms. The maximum absolute atomic E-state index is 6.21. The fourth-order valence-corrected chi connectivity index (χ4v) is 1.66. The number of likely N-dealkylation sites (N-methyl/N-ethyl adjacent to an activating group) is 1. The minimum Gasteiger partial charge on any atom is -0.497 e. The van der Waals surface area contributed by atoms with E-state index < -0.39 is 0 Å². The molecular weight excluding hydrogens is 233 g/mol. The minimum atomic E-state index is 0. The van der Waals surface area contributed by atoms with Gasteiger partial charge in [-0.15, -0.1) is 24.0 Å². The van der Waals surface area contributed by atoms with Crippen molar-refractivity contribution in [3.8, 4) is 5.75 Å². The second-order valence-corrected chi connectivity index (χ2v) is 4.03. The Bertz CT molecular complexity index is 274. The topological polar surface area (TPSA) is 12.5 Å². The van der Waals surface area contributed by atoms with E-state index in [2.05, 4.69) is 4.90 Å². The first-order valence-electron chi connectivity index (χ1n) is 4.56. The predicted molar refractivity (Wildman–Crippen MR) is 67.4 cm³/mol. The summed E-state index contributed by atoms with van der Waals surface area (Å²) in [5, 5.41) is 0.0379. The number of alkyl halides is 1. The van der Waals surface area contributed by atoms with Crippen LogP contribution in [0, 0.1) is 0 Å². The summed E-state index contributed by atoms with van der Waals surface area (Å²) in [6, 6.07) is 7.86. The van der Waals surface area contributed by atoms with Gasteiger partial charge in [0.1, 0.15) is 5.75 Å². The summed E-state index contributed by atoms with van der Waals surface area (Å²) in [6.07, 6.45) is 0. The van der Waals surface area contributed by atoms with Gasteiger partial charge in [0.2, 0.25) is 0 Å². The van der Waals surface area contributed by atoms with Gasteiger partial charge in [0.15, 0.2) is 0 Å². The monoisotopic (exact) mass is 249 g/mol. The molecule has 0 radical (unpaired) electrons. The highest BCUT2D eigenvalue weighted by molar-refractivity contribution is 6.21. The summed E-state index contributed by atoms with van der Waals surface area (Å²) in [4.78, 5) is 2.07. The van der Waals surface area contributed by atoms with Crippen molar-refractivity contribution in [2.24, 2.45) is 0 Å². The lowest BCUT2D eigenvalue weighted by Gasteiger charge is -2.15. The number of ether oxygens (including phenoxy) is 1. The van der Waals surface area contributed by atoms with Crippen molar-refractivity contribution in [2.45, 2.75) is 5.38 Å². The molecule has 0 saturated carbocycles. The van der Waals surface area contributed by atoms with E-state index in [0.717, 1.165) is 17.9 Å². The average Bonchev–Trinajstić information content (AvgIpc) is 2.17. The van der Waals surface area contributed by atoms with Gasteiger partial charge < -0.3 is 9.64 Å². The molecule has 0 aliphatic rings. The predicted octanol–water partition coefficient (Wildman–Crippen LogP) is 2.96. The Kier molecular flexibility index (Phi) is 6.73. The van der Waals surface area contributed by atoms with Crippen LogP contribution in [0.15, 0.2) is 24.3 Å². The Morgan fingerprint density at radius 3 is 2.20 bits per heavy atom. The molecule has 2 nitrogen and oxygen atoms in total. The second-order valence-electron chi connectivity index (χ2n) is 3.50. The summed E-state index contributed by atoms with van der Waals surface area (Å²) in [6.45, 7) is 0.841. The van der Waals surface area contributed by atoms with Gasteiger partial charge in [0, 0.05) is 6.54 Å². The minimum absolute atomic E-state index is 0. The lowest BCUT2D eigenvalue weighted by molar-refractivity contribution is 0.406. The summed E-state index contributed by atoms with van der Waals surface area (Å²) in [5.41, 5.74) is 1.13. The third-order valence-corrected chi connectivity index (χ3v) is 2.39. The van der Waals surface area contributed by atoms with Crippen LogP contribution in [0.2, 0.25) is 0 Å². The molecule has 86 valence electrons. The number of halogens is 2. The van der Waals surface area contributed by atoms with Gasteiger partial charge in [-0.05, 0) is 31.8 Å². The van der Waals surface area contributed by atoms with Gasteiger partial charge in [0.05, 0.1) is 12.5 Å². The molecule has 0 aliphatic heterocycles. The number of rotatable bonds is 4. The molecule has 0 aliphatic carbocycles. The fourth-order valence-electron chi connectivity index (χ4n) is 1.24. The third-order valence-electron chi connectivity index (χ3n) is 2.00. The van der Waals surface area contributed by atoms with Crippen molar-refractivity contribution in [1.82, 2.24) is 4.90 Å². The molecule has 0 amide bonds. The zero-order valence-corrected chi connectivity index (χ0v) is 10.8. The van der Waals surface area contributed by atoms with Crippen molar-refractivity contribution >= 4 is 24.0 Å². The van der Waals surface area contributed by atoms with E-state index in [0.29, 0.717) is 0 Å². The highest BCUT2D eigenvalue weighted by Crippen LogP contribution is 2.23. The zero-order chi connectivity index (χ0) is 10.6. The summed E-state index contributed by atoms with van der Waals surface area (Å²) < 4.78 is 5.08. The van der Waals surface area contributed by atoms with Gasteiger partial charge in [-0.2, -0.15) is 0 Å². The third kappa shape index (κ3) is 4.74. The van der Waals surface area contributed by atoms with Crippen LogP contribution in [-0.4, -0.2) is 32.6 Å². The lowest BCUT2D eigenvalue weighted by Crippen LogP contribution is -2.17. The maximum atomic E-state index is 6.21. The molecule has 1 aromatic rings. The van der Waals surface area contributed by atoms with E-state index >= 15 is 0 Å². The van der Waals surface area contributed by atoms with E-state index in [1.165, 1.54) is 0 Å². The molecule has 15 heavy (non-hydrogen) atoms. The summed E-state index contributed by atoms with van der Waals surface area (Å²) in [7, 11) is 5.69. The normalized spacial score (nSPS) is 12.1. The Morgan fingerprint density at radius 2 is 1.80 bits per heavy atom. The zero-order valence-electron chi connectivity index (χ0n) is 9.24. The Balaban J connectivity index is 0.00000196. The highest BCUT2D eigenvalue weighted by Gasteiger charge is 2.08. The Labute approximate surface area is 103 Å². The lowest BCUT2D eigenvalue weighted by atomic mass is 10.1. The van der Waals surface area contributed by atoms with Crippen molar-refractivity contribution < 1.29 is 4.74 Å². The van der Waals surface area contributed by atoms with Gasteiger partial charge in [-0.25, -0.2) is 0 Å². The van der Waals surface area contributed by atoms with Crippen LogP contribution in [0.25, 0.3) is 0 Å². The molecule has 0 heterocycles. The molecule has 1 atom stereocenters. The molecule has 0 spiro atoms. The van der Waals surface area contributed by atoms with Crippen LogP contribution >= 0.6 is 24.0 Å². The highest BCUT2D eigenvalue weighted by atomic mass is 35.5. The van der Waals surface area contributed by atoms with E-state index in [1.54, 1.807) is 7.11 Å². The number of nitrogens with zero attached hydrogens (tertiary/aromatic N) is 1. The van der Waals surface area contributed by atoms with E-state index in [4.69, 9.17) is 16.3 Å². The molecule has 0 saturated heterocycles. The number of hydrogen-bond donors (Lipinski definition) is 0. The molecule has 0 N–H and O–H groups in total. The van der Waals surface area contributed by atoms with Crippen LogP contribution in [0.3, 0.4) is 0 Å². The molecule has 0 bridgehead atoms. The molecule has 1 aromatic carbocycles. The van der Waals surface area contributed by atoms with Gasteiger partial charge >= 0.3 is 0 Å². The van der Waals surface area contributed by atoms with E-state index in [-0.39, 0.29) is 17.8 Å². The number of hydrogen-bond acceptors (Lipinski definition) is 2. The first-order valence-corrected chi connectivity index (χ1v) is 5.00. The van der Waals surface area contributed by atoms with Crippen molar-refractivity contribution in [3.05, 3.63) is 29.8 Å². The first kappa shape index (κ1) is 14.6. The number of methoxy groups -OCH3 is 1. The number of benzene rings is 1. The molecule has 0 fully saturated rings. The van der Waals surface area contributed by atoms with Crippen molar-refractivity contribution in [1.29, 1.82) is 0 Å². The molecule has 0 aromatic heterocycles. The van der Waals surface area contributed by atoms with E-state index in [1.807, 2.05) is 38.4 Å². The van der Waals surface area contributed by atoms with Crippen molar-refractivity contribution in [3.63, 3.8) is 0 Å². The molecular formula is C11H17Cl2NO. The van der Waals surface area contributed by atoms with Crippen LogP contribution in [0.4, 0.5) is 0 Å². The largest absolute Gasteiger partial charge is 0.497 e. The van der Waals surface area contributed by atoms with Gasteiger partial charge in [-0.1, -0.05) is 12.1 Å². The summed E-state index contributed by atoms with van der Waals surface area (Å²) >= 11 is 6.21. The fraction of sp³-hybridized carbons (Fsp3) is 0.455. The smallest absolute Gasteiger partial charge is 0.118 e. The van der Waals surface area contributed by atoms with E-state index in [9.17, 15) is 0 Å². The maximum Gasteiger partial charge on any atom is 0.118 e. The van der Waals surface area contributed by atoms with Crippen LogP contribution < -0.4 is 4.74 Å². The first-order chi connectivity index (χ1) is 6.63. The quantitative estimate of drug-likeness (QED) is 0.762. The molecule has 1 rings (SSSR count). The second kappa shape index (κ2) is 6.94.